The number of hydrogen-bond acceptors (Lipinski definition) is 4. The molecule has 0 unspecified atom stereocenters. The monoisotopic (exact) mass is 299 g/mol. The van der Waals surface area contributed by atoms with Crippen LogP contribution in [0.4, 0.5) is 17.2 Å². The van der Waals surface area contributed by atoms with Gasteiger partial charge >= 0.3 is 0 Å². The summed E-state index contributed by atoms with van der Waals surface area (Å²) >= 11 is 6.02. The normalized spacial score (nSPS) is 10.6. The number of aromatic nitrogens is 1. The zero-order valence-electron chi connectivity index (χ0n) is 11.4. The van der Waals surface area contributed by atoms with Gasteiger partial charge in [0.15, 0.2) is 0 Å². The minimum atomic E-state index is 0.631. The van der Waals surface area contributed by atoms with Crippen LogP contribution in [-0.2, 0) is 0 Å². The number of rotatable bonds is 3. The number of anilines is 3. The highest BCUT2D eigenvalue weighted by Gasteiger charge is 2.06. The molecule has 5 heteroatoms. The standard InChI is InChI=1S/C16H14ClN3O/c1-21-15-6-3-11(17)9-14(15)20-16-7-2-10-8-12(18)4-5-13(10)19-16/h2-9H,18H2,1H3,(H,19,20). The van der Waals surface area contributed by atoms with Gasteiger partial charge in [0.2, 0.25) is 0 Å². The van der Waals surface area contributed by atoms with E-state index in [0.29, 0.717) is 16.6 Å². The molecule has 0 aliphatic carbocycles. The number of fused-ring (bicyclic) bond motifs is 1. The summed E-state index contributed by atoms with van der Waals surface area (Å²) in [7, 11) is 1.62. The van der Waals surface area contributed by atoms with Gasteiger partial charge in [-0.3, -0.25) is 0 Å². The highest BCUT2D eigenvalue weighted by molar-refractivity contribution is 6.31. The summed E-state index contributed by atoms with van der Waals surface area (Å²) in [6.45, 7) is 0. The molecule has 0 spiro atoms. The highest BCUT2D eigenvalue weighted by Crippen LogP contribution is 2.30. The second-order valence-electron chi connectivity index (χ2n) is 4.62. The minimum Gasteiger partial charge on any atom is -0.495 e. The lowest BCUT2D eigenvalue weighted by Crippen LogP contribution is -1.97. The summed E-state index contributed by atoms with van der Waals surface area (Å²) in [6, 6.07) is 14.9. The van der Waals surface area contributed by atoms with Crippen molar-refractivity contribution in [2.45, 2.75) is 0 Å². The molecule has 21 heavy (non-hydrogen) atoms. The first kappa shape index (κ1) is 13.5. The van der Waals surface area contributed by atoms with Crippen molar-refractivity contribution in [3.05, 3.63) is 53.6 Å². The quantitative estimate of drug-likeness (QED) is 0.711. The number of benzene rings is 2. The fraction of sp³-hybridized carbons (Fsp3) is 0.0625. The van der Waals surface area contributed by atoms with Crippen LogP contribution >= 0.6 is 11.6 Å². The fourth-order valence-corrected chi connectivity index (χ4v) is 2.30. The largest absolute Gasteiger partial charge is 0.495 e. The fourth-order valence-electron chi connectivity index (χ4n) is 2.13. The summed E-state index contributed by atoms with van der Waals surface area (Å²) in [5, 5.41) is 4.85. The van der Waals surface area contributed by atoms with Crippen molar-refractivity contribution < 1.29 is 4.74 Å². The zero-order chi connectivity index (χ0) is 14.8. The third kappa shape index (κ3) is 2.85. The molecule has 0 fully saturated rings. The number of halogens is 1. The van der Waals surface area contributed by atoms with Crippen molar-refractivity contribution in [3.63, 3.8) is 0 Å². The van der Waals surface area contributed by atoms with Gasteiger partial charge in [0, 0.05) is 16.1 Å². The van der Waals surface area contributed by atoms with E-state index in [4.69, 9.17) is 22.1 Å². The number of nitrogens with one attached hydrogen (secondary N) is 1. The third-order valence-electron chi connectivity index (χ3n) is 3.14. The lowest BCUT2D eigenvalue weighted by atomic mass is 10.2. The minimum absolute atomic E-state index is 0.631. The molecule has 3 aromatic rings. The predicted octanol–water partition coefficient (Wildman–Crippen LogP) is 4.22. The van der Waals surface area contributed by atoms with E-state index < -0.39 is 0 Å². The van der Waals surface area contributed by atoms with Crippen LogP contribution in [0.2, 0.25) is 5.02 Å². The maximum atomic E-state index is 6.02. The maximum absolute atomic E-state index is 6.02. The molecule has 1 aromatic heterocycles. The Balaban J connectivity index is 1.98. The van der Waals surface area contributed by atoms with Gasteiger partial charge in [-0.25, -0.2) is 4.98 Å². The van der Waals surface area contributed by atoms with E-state index >= 15 is 0 Å². The molecule has 0 saturated carbocycles. The Labute approximate surface area is 127 Å². The van der Waals surface area contributed by atoms with Gasteiger partial charge in [0.1, 0.15) is 11.6 Å². The van der Waals surface area contributed by atoms with Crippen LogP contribution in [0, 0.1) is 0 Å². The Morgan fingerprint density at radius 3 is 2.76 bits per heavy atom. The molecule has 0 atom stereocenters. The van der Waals surface area contributed by atoms with E-state index in [1.165, 1.54) is 0 Å². The zero-order valence-corrected chi connectivity index (χ0v) is 12.2. The van der Waals surface area contributed by atoms with E-state index in [0.717, 1.165) is 22.3 Å². The smallest absolute Gasteiger partial charge is 0.142 e. The second-order valence-corrected chi connectivity index (χ2v) is 5.05. The van der Waals surface area contributed by atoms with Crippen molar-refractivity contribution in [2.24, 2.45) is 0 Å². The van der Waals surface area contributed by atoms with Crippen LogP contribution < -0.4 is 15.8 Å². The van der Waals surface area contributed by atoms with Crippen LogP contribution in [0.5, 0.6) is 5.75 Å². The van der Waals surface area contributed by atoms with E-state index in [1.54, 1.807) is 19.2 Å². The van der Waals surface area contributed by atoms with Gasteiger partial charge in [-0.1, -0.05) is 11.6 Å². The number of methoxy groups -OCH3 is 1. The predicted molar refractivity (Wildman–Crippen MR) is 87.4 cm³/mol. The first-order chi connectivity index (χ1) is 10.2. The van der Waals surface area contributed by atoms with Gasteiger partial charge in [-0.2, -0.15) is 0 Å². The van der Waals surface area contributed by atoms with Crippen molar-refractivity contribution in [2.75, 3.05) is 18.2 Å². The molecule has 0 saturated heterocycles. The lowest BCUT2D eigenvalue weighted by molar-refractivity contribution is 0.417. The van der Waals surface area contributed by atoms with Crippen LogP contribution in [0.15, 0.2) is 48.5 Å². The number of nitrogens with two attached hydrogens (primary N) is 1. The lowest BCUT2D eigenvalue weighted by Gasteiger charge is -2.11. The Morgan fingerprint density at radius 2 is 1.95 bits per heavy atom. The molecule has 0 bridgehead atoms. The maximum Gasteiger partial charge on any atom is 0.142 e. The van der Waals surface area contributed by atoms with Crippen LogP contribution in [0.25, 0.3) is 10.9 Å². The number of nitrogens with zero attached hydrogens (tertiary/aromatic N) is 1. The third-order valence-corrected chi connectivity index (χ3v) is 3.37. The molecule has 0 amide bonds. The second kappa shape index (κ2) is 5.50. The van der Waals surface area contributed by atoms with Gasteiger partial charge in [-0.15, -0.1) is 0 Å². The molecule has 3 N–H and O–H groups in total. The van der Waals surface area contributed by atoms with Gasteiger partial charge in [0.05, 0.1) is 18.3 Å². The SMILES string of the molecule is COc1ccc(Cl)cc1Nc1ccc2cc(N)ccc2n1. The molecule has 2 aromatic carbocycles. The first-order valence-electron chi connectivity index (χ1n) is 6.42. The Kier molecular flexibility index (Phi) is 3.54. The van der Waals surface area contributed by atoms with Crippen molar-refractivity contribution in [1.82, 2.24) is 4.98 Å². The molecular weight excluding hydrogens is 286 g/mol. The highest BCUT2D eigenvalue weighted by atomic mass is 35.5. The number of ether oxygens (including phenoxy) is 1. The van der Waals surface area contributed by atoms with Crippen molar-refractivity contribution >= 4 is 39.7 Å². The van der Waals surface area contributed by atoms with E-state index in [9.17, 15) is 0 Å². The van der Waals surface area contributed by atoms with Crippen molar-refractivity contribution in [3.8, 4) is 5.75 Å². The van der Waals surface area contributed by atoms with E-state index in [-0.39, 0.29) is 0 Å². The van der Waals surface area contributed by atoms with E-state index in [1.807, 2.05) is 36.4 Å². The average molecular weight is 300 g/mol. The summed E-state index contributed by atoms with van der Waals surface area (Å²) in [4.78, 5) is 4.55. The van der Waals surface area contributed by atoms with Gasteiger partial charge in [-0.05, 0) is 48.5 Å². The first-order valence-corrected chi connectivity index (χ1v) is 6.80. The van der Waals surface area contributed by atoms with Crippen LogP contribution in [-0.4, -0.2) is 12.1 Å². The van der Waals surface area contributed by atoms with Gasteiger partial charge < -0.3 is 15.8 Å². The molecule has 0 radical (unpaired) electrons. The molecule has 106 valence electrons. The van der Waals surface area contributed by atoms with Crippen LogP contribution in [0.1, 0.15) is 0 Å². The Bertz CT molecular complexity index is 805. The number of hydrogen-bond donors (Lipinski definition) is 2. The average Bonchev–Trinajstić information content (AvgIpc) is 2.48. The summed E-state index contributed by atoms with van der Waals surface area (Å²) in [5.74, 6) is 1.42. The molecule has 1 heterocycles. The molecule has 3 rings (SSSR count). The van der Waals surface area contributed by atoms with Crippen molar-refractivity contribution in [1.29, 1.82) is 0 Å². The summed E-state index contributed by atoms with van der Waals surface area (Å²) in [5.41, 5.74) is 8.13. The molecular formula is C16H14ClN3O. The Morgan fingerprint density at radius 1 is 1.10 bits per heavy atom. The topological polar surface area (TPSA) is 60.2 Å². The summed E-state index contributed by atoms with van der Waals surface area (Å²) in [6.07, 6.45) is 0. The molecule has 0 aliphatic rings. The number of nitrogen functional groups attached to an aromatic ring is 1. The molecule has 0 aliphatic heterocycles. The molecule has 4 nitrogen and oxygen atoms in total. The van der Waals surface area contributed by atoms with E-state index in [2.05, 4.69) is 10.3 Å². The Hall–Kier alpha value is -2.46. The van der Waals surface area contributed by atoms with Gasteiger partial charge in [0.25, 0.3) is 0 Å². The number of pyridine rings is 1. The summed E-state index contributed by atoms with van der Waals surface area (Å²) < 4.78 is 5.31. The van der Waals surface area contributed by atoms with Crippen LogP contribution in [0.3, 0.4) is 0 Å².